The number of hydrogen-bond acceptors (Lipinski definition) is 5. The fraction of sp³-hybridized carbons (Fsp3) is 0.421. The highest BCUT2D eigenvalue weighted by molar-refractivity contribution is 7.91. The molecule has 1 saturated heterocycles. The maximum atomic E-state index is 12.5. The number of carbonyl (C=O) groups is 1. The number of rotatable bonds is 6. The van der Waals surface area contributed by atoms with Gasteiger partial charge < -0.3 is 14.1 Å². The van der Waals surface area contributed by atoms with Gasteiger partial charge in [-0.2, -0.15) is 0 Å². The zero-order valence-corrected chi connectivity index (χ0v) is 15.6. The van der Waals surface area contributed by atoms with Gasteiger partial charge in [-0.05, 0) is 42.7 Å². The first-order chi connectivity index (χ1) is 12.5. The third kappa shape index (κ3) is 4.46. The summed E-state index contributed by atoms with van der Waals surface area (Å²) in [5.41, 5.74) is 0.920. The van der Waals surface area contributed by atoms with E-state index in [2.05, 4.69) is 0 Å². The third-order valence-corrected chi connectivity index (χ3v) is 6.91. The fourth-order valence-corrected chi connectivity index (χ4v) is 4.93. The van der Waals surface area contributed by atoms with E-state index in [9.17, 15) is 13.2 Å². The molecule has 0 saturated carbocycles. The Bertz CT molecular complexity index is 819. The van der Waals surface area contributed by atoms with Crippen LogP contribution < -0.4 is 4.74 Å². The number of amides is 1. The van der Waals surface area contributed by atoms with E-state index in [1.165, 1.54) is 6.26 Å². The lowest BCUT2D eigenvalue weighted by Gasteiger charge is -2.31. The lowest BCUT2D eigenvalue weighted by atomic mass is 10.1. The standard InChI is InChI=1S/C19H23NO5S/c1-24-16-6-4-15(5-7-16)13-19(21)20-10-8-18(9-11-20)26(22,23)14-17-3-2-12-25-17/h2-7,12,18H,8-11,13-14H2,1H3. The zero-order chi connectivity index (χ0) is 18.6. The Balaban J connectivity index is 1.53. The molecule has 2 aromatic rings. The van der Waals surface area contributed by atoms with Crippen LogP contribution in [-0.4, -0.2) is 44.7 Å². The molecule has 0 bridgehead atoms. The van der Waals surface area contributed by atoms with Crippen LogP contribution in [0.2, 0.25) is 0 Å². The first-order valence-electron chi connectivity index (χ1n) is 8.62. The van der Waals surface area contributed by atoms with Crippen molar-refractivity contribution in [2.75, 3.05) is 20.2 Å². The van der Waals surface area contributed by atoms with Crippen molar-refractivity contribution < 1.29 is 22.4 Å². The second-order valence-electron chi connectivity index (χ2n) is 6.49. The highest BCUT2D eigenvalue weighted by Crippen LogP contribution is 2.22. The summed E-state index contributed by atoms with van der Waals surface area (Å²) in [4.78, 5) is 14.2. The van der Waals surface area contributed by atoms with E-state index < -0.39 is 15.1 Å². The van der Waals surface area contributed by atoms with Gasteiger partial charge in [0, 0.05) is 13.1 Å². The number of hydrogen-bond donors (Lipinski definition) is 0. The number of likely N-dealkylation sites (tertiary alicyclic amines) is 1. The molecule has 0 N–H and O–H groups in total. The van der Waals surface area contributed by atoms with Crippen molar-refractivity contribution >= 4 is 15.7 Å². The summed E-state index contributed by atoms with van der Waals surface area (Å²) in [6, 6.07) is 10.8. The number of nitrogens with zero attached hydrogens (tertiary/aromatic N) is 1. The van der Waals surface area contributed by atoms with Crippen LogP contribution in [0.15, 0.2) is 47.1 Å². The number of piperidine rings is 1. The number of ether oxygens (including phenoxy) is 1. The molecule has 1 aromatic carbocycles. The molecule has 0 spiro atoms. The summed E-state index contributed by atoms with van der Waals surface area (Å²) in [5, 5.41) is -0.419. The van der Waals surface area contributed by atoms with Crippen molar-refractivity contribution in [2.24, 2.45) is 0 Å². The highest BCUT2D eigenvalue weighted by atomic mass is 32.2. The van der Waals surface area contributed by atoms with Crippen molar-refractivity contribution in [3.8, 4) is 5.75 Å². The molecule has 0 atom stereocenters. The van der Waals surface area contributed by atoms with E-state index in [0.29, 0.717) is 38.1 Å². The molecule has 0 radical (unpaired) electrons. The predicted molar refractivity (Wildman–Crippen MR) is 97.6 cm³/mol. The number of sulfone groups is 1. The van der Waals surface area contributed by atoms with Crippen LogP contribution >= 0.6 is 0 Å². The Morgan fingerprint density at radius 3 is 2.46 bits per heavy atom. The molecule has 1 aliphatic rings. The molecule has 6 nitrogen and oxygen atoms in total. The van der Waals surface area contributed by atoms with Crippen molar-refractivity contribution in [2.45, 2.75) is 30.3 Å². The van der Waals surface area contributed by atoms with Gasteiger partial charge >= 0.3 is 0 Å². The van der Waals surface area contributed by atoms with Gasteiger partial charge in [0.2, 0.25) is 5.91 Å². The Morgan fingerprint density at radius 1 is 1.19 bits per heavy atom. The number of furan rings is 1. The fourth-order valence-electron chi connectivity index (χ4n) is 3.20. The van der Waals surface area contributed by atoms with E-state index in [1.807, 2.05) is 24.3 Å². The third-order valence-electron chi connectivity index (χ3n) is 4.74. The molecule has 0 aliphatic carbocycles. The molecule has 140 valence electrons. The molecule has 7 heteroatoms. The van der Waals surface area contributed by atoms with Gasteiger partial charge in [0.1, 0.15) is 17.3 Å². The van der Waals surface area contributed by atoms with Gasteiger partial charge in [-0.3, -0.25) is 4.79 Å². The Hall–Kier alpha value is -2.28. The van der Waals surface area contributed by atoms with Gasteiger partial charge in [-0.25, -0.2) is 8.42 Å². The topological polar surface area (TPSA) is 76.8 Å². The van der Waals surface area contributed by atoms with Crippen LogP contribution in [0.1, 0.15) is 24.2 Å². The lowest BCUT2D eigenvalue weighted by molar-refractivity contribution is -0.131. The van der Waals surface area contributed by atoms with E-state index in [4.69, 9.17) is 9.15 Å². The maximum Gasteiger partial charge on any atom is 0.226 e. The normalized spacial score (nSPS) is 15.8. The minimum Gasteiger partial charge on any atom is -0.497 e. The number of methoxy groups -OCH3 is 1. The Labute approximate surface area is 153 Å². The highest BCUT2D eigenvalue weighted by Gasteiger charge is 2.32. The molecule has 1 aliphatic heterocycles. The van der Waals surface area contributed by atoms with Gasteiger partial charge in [0.25, 0.3) is 0 Å². The largest absolute Gasteiger partial charge is 0.497 e. The maximum absolute atomic E-state index is 12.5. The monoisotopic (exact) mass is 377 g/mol. The van der Waals surface area contributed by atoms with Crippen LogP contribution in [0.5, 0.6) is 5.75 Å². The summed E-state index contributed by atoms with van der Waals surface area (Å²) in [7, 11) is -1.67. The SMILES string of the molecule is COc1ccc(CC(=O)N2CCC(S(=O)(=O)Cc3ccco3)CC2)cc1. The van der Waals surface area contributed by atoms with Crippen LogP contribution in [0.25, 0.3) is 0 Å². The van der Waals surface area contributed by atoms with E-state index in [-0.39, 0.29) is 11.7 Å². The minimum absolute atomic E-state index is 0.0250. The molecule has 26 heavy (non-hydrogen) atoms. The Kier molecular flexibility index (Phi) is 5.66. The summed E-state index contributed by atoms with van der Waals surface area (Å²) >= 11 is 0. The zero-order valence-electron chi connectivity index (χ0n) is 14.8. The minimum atomic E-state index is -3.27. The summed E-state index contributed by atoms with van der Waals surface area (Å²) < 4.78 is 35.3. The van der Waals surface area contributed by atoms with E-state index in [0.717, 1.165) is 11.3 Å². The summed E-state index contributed by atoms with van der Waals surface area (Å²) in [6.45, 7) is 0.939. The number of benzene rings is 1. The second-order valence-corrected chi connectivity index (χ2v) is 8.77. The van der Waals surface area contributed by atoms with Crippen LogP contribution in [0.3, 0.4) is 0 Å². The van der Waals surface area contributed by atoms with E-state index >= 15 is 0 Å². The average Bonchev–Trinajstić information content (AvgIpc) is 3.14. The predicted octanol–water partition coefficient (Wildman–Crippen LogP) is 2.44. The van der Waals surface area contributed by atoms with E-state index in [1.54, 1.807) is 24.1 Å². The van der Waals surface area contributed by atoms with Crippen molar-refractivity contribution in [1.82, 2.24) is 4.90 Å². The first kappa shape index (κ1) is 18.5. The van der Waals surface area contributed by atoms with Gasteiger partial charge in [-0.15, -0.1) is 0 Å². The molecule has 3 rings (SSSR count). The summed E-state index contributed by atoms with van der Waals surface area (Å²) in [6.07, 6.45) is 2.73. The van der Waals surface area contributed by atoms with Crippen LogP contribution in [-0.2, 0) is 26.8 Å². The van der Waals surface area contributed by atoms with Crippen molar-refractivity contribution in [3.63, 3.8) is 0 Å². The quantitative estimate of drug-likeness (QED) is 0.773. The molecular formula is C19H23NO5S. The van der Waals surface area contributed by atoms with Gasteiger partial charge in [0.05, 0.1) is 25.0 Å². The number of carbonyl (C=O) groups excluding carboxylic acids is 1. The molecule has 2 heterocycles. The average molecular weight is 377 g/mol. The molecule has 1 aromatic heterocycles. The van der Waals surface area contributed by atoms with Crippen LogP contribution in [0, 0.1) is 0 Å². The summed E-state index contributed by atoms with van der Waals surface area (Å²) in [5.74, 6) is 1.16. The molecule has 1 amide bonds. The smallest absolute Gasteiger partial charge is 0.226 e. The van der Waals surface area contributed by atoms with Gasteiger partial charge in [-0.1, -0.05) is 12.1 Å². The molecule has 1 fully saturated rings. The van der Waals surface area contributed by atoms with Crippen molar-refractivity contribution in [1.29, 1.82) is 0 Å². The first-order valence-corrected chi connectivity index (χ1v) is 10.3. The molecule has 0 unspecified atom stereocenters. The van der Waals surface area contributed by atoms with Crippen LogP contribution in [0.4, 0.5) is 0 Å². The Morgan fingerprint density at radius 2 is 1.88 bits per heavy atom. The van der Waals surface area contributed by atoms with Crippen molar-refractivity contribution in [3.05, 3.63) is 54.0 Å². The van der Waals surface area contributed by atoms with Gasteiger partial charge in [0.15, 0.2) is 9.84 Å². The second kappa shape index (κ2) is 7.95. The molecular weight excluding hydrogens is 354 g/mol. The lowest BCUT2D eigenvalue weighted by Crippen LogP contribution is -2.43.